The fourth-order valence-corrected chi connectivity index (χ4v) is 1.45. The van der Waals surface area contributed by atoms with Crippen LogP contribution >= 0.6 is 0 Å². The Labute approximate surface area is 106 Å². The Morgan fingerprint density at radius 2 is 1.62 bits per heavy atom. The zero-order valence-corrected chi connectivity index (χ0v) is 11.9. The first-order valence-corrected chi connectivity index (χ1v) is 6.90. The van der Waals surface area contributed by atoms with Crippen molar-refractivity contribution in [2.24, 2.45) is 5.73 Å². The lowest BCUT2D eigenvalue weighted by Crippen LogP contribution is -2.23. The molecular formula is C13H37N3. The molecule has 0 amide bonds. The molecule has 0 atom stereocenters. The van der Waals surface area contributed by atoms with Crippen LogP contribution in [0.15, 0.2) is 0 Å². The molecule has 0 heterocycles. The molecule has 3 nitrogen and oxygen atoms in total. The Hall–Kier alpha value is -0.120. The SMILES string of the molecule is CC.CCNCCCCN(C)CCCCN.[HH].[HH]. The minimum absolute atomic E-state index is 0. The average Bonchev–Trinajstić information content (AvgIpc) is 2.32. The molecule has 0 aromatic carbocycles. The first kappa shape index (κ1) is 18.3. The molecule has 0 aliphatic heterocycles. The van der Waals surface area contributed by atoms with Crippen molar-refractivity contribution in [3.05, 3.63) is 0 Å². The zero-order valence-electron chi connectivity index (χ0n) is 11.9. The van der Waals surface area contributed by atoms with Crippen molar-refractivity contribution in [3.8, 4) is 0 Å². The van der Waals surface area contributed by atoms with E-state index in [1.807, 2.05) is 13.8 Å². The molecule has 0 aromatic rings. The highest BCUT2D eigenvalue weighted by molar-refractivity contribution is 4.54. The summed E-state index contributed by atoms with van der Waals surface area (Å²) in [6.45, 7) is 11.6. The molecule has 0 saturated carbocycles. The molecule has 0 bridgehead atoms. The van der Waals surface area contributed by atoms with Gasteiger partial charge in [0, 0.05) is 2.85 Å². The van der Waals surface area contributed by atoms with Crippen LogP contribution in [-0.2, 0) is 0 Å². The van der Waals surface area contributed by atoms with Gasteiger partial charge in [0.2, 0.25) is 0 Å². The molecule has 0 spiro atoms. The normalized spacial score (nSPS) is 10.1. The summed E-state index contributed by atoms with van der Waals surface area (Å²) in [5.41, 5.74) is 5.44. The van der Waals surface area contributed by atoms with Gasteiger partial charge in [-0.25, -0.2) is 0 Å². The summed E-state index contributed by atoms with van der Waals surface area (Å²) >= 11 is 0. The lowest BCUT2D eigenvalue weighted by atomic mass is 10.2. The topological polar surface area (TPSA) is 41.3 Å². The summed E-state index contributed by atoms with van der Waals surface area (Å²) in [5.74, 6) is 0. The number of nitrogens with two attached hydrogens (primary N) is 1. The minimum atomic E-state index is 0. The fourth-order valence-electron chi connectivity index (χ4n) is 1.45. The third kappa shape index (κ3) is 16.3. The molecular weight excluding hydrogens is 198 g/mol. The van der Waals surface area contributed by atoms with E-state index in [-0.39, 0.29) is 2.85 Å². The van der Waals surface area contributed by atoms with Gasteiger partial charge < -0.3 is 16.0 Å². The molecule has 0 aromatic heterocycles. The number of unbranched alkanes of at least 4 members (excludes halogenated alkanes) is 2. The van der Waals surface area contributed by atoms with Crippen LogP contribution in [0.3, 0.4) is 0 Å². The van der Waals surface area contributed by atoms with Crippen LogP contribution in [0.5, 0.6) is 0 Å². The summed E-state index contributed by atoms with van der Waals surface area (Å²) in [4.78, 5) is 2.40. The minimum Gasteiger partial charge on any atom is -0.330 e. The largest absolute Gasteiger partial charge is 0.330 e. The second-order valence-corrected chi connectivity index (χ2v) is 3.86. The van der Waals surface area contributed by atoms with E-state index in [1.165, 1.54) is 32.4 Å². The predicted molar refractivity (Wildman–Crippen MR) is 79.1 cm³/mol. The molecule has 0 rings (SSSR count). The first-order chi connectivity index (χ1) is 7.81. The molecule has 0 saturated heterocycles. The number of nitrogens with zero attached hydrogens (tertiary/aromatic N) is 1. The van der Waals surface area contributed by atoms with E-state index in [1.54, 1.807) is 0 Å². The van der Waals surface area contributed by atoms with Crippen molar-refractivity contribution >= 4 is 0 Å². The van der Waals surface area contributed by atoms with Crippen molar-refractivity contribution in [2.45, 2.75) is 46.5 Å². The van der Waals surface area contributed by atoms with E-state index in [0.29, 0.717) is 0 Å². The van der Waals surface area contributed by atoms with Crippen LogP contribution in [0.25, 0.3) is 0 Å². The number of rotatable bonds is 10. The van der Waals surface area contributed by atoms with E-state index >= 15 is 0 Å². The summed E-state index contributed by atoms with van der Waals surface area (Å²) in [5, 5.41) is 3.34. The van der Waals surface area contributed by atoms with E-state index in [2.05, 4.69) is 24.2 Å². The Kier molecular flexibility index (Phi) is 19.7. The van der Waals surface area contributed by atoms with E-state index < -0.39 is 0 Å². The van der Waals surface area contributed by atoms with Crippen LogP contribution in [-0.4, -0.2) is 44.7 Å². The van der Waals surface area contributed by atoms with E-state index in [9.17, 15) is 0 Å². The van der Waals surface area contributed by atoms with Gasteiger partial charge in [-0.1, -0.05) is 20.8 Å². The van der Waals surface area contributed by atoms with Crippen LogP contribution in [0.1, 0.15) is 49.3 Å². The van der Waals surface area contributed by atoms with Gasteiger partial charge in [-0.05, 0) is 65.5 Å². The maximum atomic E-state index is 5.44. The van der Waals surface area contributed by atoms with Gasteiger partial charge >= 0.3 is 0 Å². The summed E-state index contributed by atoms with van der Waals surface area (Å²) in [7, 11) is 2.20. The number of hydrogen-bond donors (Lipinski definition) is 2. The Morgan fingerprint density at radius 3 is 2.12 bits per heavy atom. The monoisotopic (exact) mass is 235 g/mol. The smallest absolute Gasteiger partial charge is 0 e. The molecule has 0 unspecified atom stereocenters. The van der Waals surface area contributed by atoms with Crippen LogP contribution in [0, 0.1) is 0 Å². The summed E-state index contributed by atoms with van der Waals surface area (Å²) in [6.07, 6.45) is 4.98. The second kappa shape index (κ2) is 17.3. The molecule has 0 aliphatic rings. The van der Waals surface area contributed by atoms with Gasteiger partial charge in [-0.2, -0.15) is 0 Å². The van der Waals surface area contributed by atoms with Crippen LogP contribution < -0.4 is 11.1 Å². The lowest BCUT2D eigenvalue weighted by Gasteiger charge is -2.15. The third-order valence-corrected chi connectivity index (χ3v) is 2.39. The molecule has 3 N–H and O–H groups in total. The summed E-state index contributed by atoms with van der Waals surface area (Å²) in [6, 6.07) is 0. The molecule has 3 heteroatoms. The Morgan fingerprint density at radius 1 is 1.06 bits per heavy atom. The van der Waals surface area contributed by atoms with Gasteiger partial charge in [-0.3, -0.25) is 0 Å². The molecule has 0 aliphatic carbocycles. The van der Waals surface area contributed by atoms with Crippen LogP contribution in [0.2, 0.25) is 0 Å². The summed E-state index contributed by atoms with van der Waals surface area (Å²) < 4.78 is 0. The molecule has 16 heavy (non-hydrogen) atoms. The molecule has 0 radical (unpaired) electrons. The van der Waals surface area contributed by atoms with Crippen molar-refractivity contribution in [1.29, 1.82) is 0 Å². The van der Waals surface area contributed by atoms with E-state index in [0.717, 1.165) is 26.1 Å². The predicted octanol–water partition coefficient (Wildman–Crippen LogP) is 2.57. The van der Waals surface area contributed by atoms with Crippen molar-refractivity contribution < 1.29 is 2.85 Å². The van der Waals surface area contributed by atoms with Crippen LogP contribution in [0.4, 0.5) is 0 Å². The first-order valence-electron chi connectivity index (χ1n) is 6.90. The maximum absolute atomic E-state index is 5.44. The molecule has 0 fully saturated rings. The van der Waals surface area contributed by atoms with Gasteiger partial charge in [0.15, 0.2) is 0 Å². The van der Waals surface area contributed by atoms with Crippen molar-refractivity contribution in [1.82, 2.24) is 10.2 Å². The van der Waals surface area contributed by atoms with Gasteiger partial charge in [0.25, 0.3) is 0 Å². The third-order valence-electron chi connectivity index (χ3n) is 2.39. The van der Waals surface area contributed by atoms with E-state index in [4.69, 9.17) is 5.73 Å². The highest BCUT2D eigenvalue weighted by atomic mass is 15.1. The maximum Gasteiger partial charge on any atom is 0 e. The standard InChI is InChI=1S/C11H27N3.C2H6.2H2/c1-3-13-9-5-7-11-14(2)10-6-4-8-12;1-2;;/h13H,3-12H2,1-2H3;1-2H3;2*1H. The highest BCUT2D eigenvalue weighted by Crippen LogP contribution is 1.95. The lowest BCUT2D eigenvalue weighted by molar-refractivity contribution is 0.318. The van der Waals surface area contributed by atoms with Gasteiger partial charge in [0.1, 0.15) is 0 Å². The fraction of sp³-hybridized carbons (Fsp3) is 1.00. The average molecular weight is 235 g/mol. The Bertz CT molecular complexity index is 116. The Balaban J connectivity index is -0.000000232. The number of hydrogen-bond acceptors (Lipinski definition) is 3. The van der Waals surface area contributed by atoms with Gasteiger partial charge in [-0.15, -0.1) is 0 Å². The second-order valence-electron chi connectivity index (χ2n) is 3.86. The number of nitrogens with one attached hydrogen (secondary N) is 1. The quantitative estimate of drug-likeness (QED) is 0.572. The highest BCUT2D eigenvalue weighted by Gasteiger charge is 1.96. The zero-order chi connectivity index (χ0) is 12.6. The van der Waals surface area contributed by atoms with Crippen molar-refractivity contribution in [3.63, 3.8) is 0 Å². The molecule has 104 valence electrons. The van der Waals surface area contributed by atoms with Gasteiger partial charge in [0.05, 0.1) is 0 Å². The van der Waals surface area contributed by atoms with Crippen molar-refractivity contribution in [2.75, 3.05) is 39.8 Å².